The molecule has 3 heterocycles. The van der Waals surface area contributed by atoms with Crippen molar-refractivity contribution in [2.45, 2.75) is 25.8 Å². The number of imidazole rings is 1. The molecule has 2 aromatic carbocycles. The molecular formula is C26H26N6O2. The number of anilines is 1. The van der Waals surface area contributed by atoms with Crippen molar-refractivity contribution in [2.75, 3.05) is 24.5 Å². The maximum atomic E-state index is 12.7. The van der Waals surface area contributed by atoms with Crippen LogP contribution in [0, 0.1) is 0 Å². The van der Waals surface area contributed by atoms with Crippen LogP contribution in [0.5, 0.6) is 0 Å². The quantitative estimate of drug-likeness (QED) is 0.430. The molecule has 0 radical (unpaired) electrons. The number of ketones is 1. The largest absolute Gasteiger partial charge is 0.354 e. The summed E-state index contributed by atoms with van der Waals surface area (Å²) in [7, 11) is 0. The minimum atomic E-state index is -0.130. The lowest BCUT2D eigenvalue weighted by Gasteiger charge is -2.28. The summed E-state index contributed by atoms with van der Waals surface area (Å²) in [5.41, 5.74) is 3.67. The van der Waals surface area contributed by atoms with Crippen LogP contribution in [0.4, 0.5) is 5.82 Å². The van der Waals surface area contributed by atoms with Gasteiger partial charge >= 0.3 is 0 Å². The summed E-state index contributed by atoms with van der Waals surface area (Å²) < 4.78 is 1.98. The highest BCUT2D eigenvalue weighted by Crippen LogP contribution is 2.31. The van der Waals surface area contributed by atoms with Gasteiger partial charge in [0.25, 0.3) is 5.91 Å². The third kappa shape index (κ3) is 4.80. The van der Waals surface area contributed by atoms with Gasteiger partial charge in [0, 0.05) is 62.5 Å². The zero-order chi connectivity index (χ0) is 23.3. The number of carbonyl (C=O) groups excluding carboxylic acids is 2. The molecule has 172 valence electrons. The first-order valence-corrected chi connectivity index (χ1v) is 11.6. The van der Waals surface area contributed by atoms with Gasteiger partial charge in [-0.15, -0.1) is 0 Å². The van der Waals surface area contributed by atoms with Crippen molar-refractivity contribution < 1.29 is 9.59 Å². The Morgan fingerprint density at radius 1 is 1.00 bits per heavy atom. The number of Topliss-reactive ketones (excluding diaryl/α,β-unsaturated/α-hetero) is 1. The van der Waals surface area contributed by atoms with Crippen molar-refractivity contribution >= 4 is 28.5 Å². The van der Waals surface area contributed by atoms with Crippen molar-refractivity contribution in [2.24, 2.45) is 0 Å². The minimum absolute atomic E-state index is 0.130. The number of aromatic nitrogens is 4. The van der Waals surface area contributed by atoms with Crippen LogP contribution in [-0.4, -0.2) is 50.8 Å². The van der Waals surface area contributed by atoms with E-state index in [9.17, 15) is 9.59 Å². The van der Waals surface area contributed by atoms with Crippen LogP contribution in [0.25, 0.3) is 22.3 Å². The zero-order valence-electron chi connectivity index (χ0n) is 18.9. The molecule has 0 bridgehead atoms. The number of hydrogen-bond donors (Lipinski definition) is 1. The van der Waals surface area contributed by atoms with Gasteiger partial charge in [-0.2, -0.15) is 0 Å². The molecule has 0 saturated carbocycles. The van der Waals surface area contributed by atoms with Gasteiger partial charge in [-0.3, -0.25) is 9.59 Å². The van der Waals surface area contributed by atoms with Crippen LogP contribution in [0.2, 0.25) is 0 Å². The summed E-state index contributed by atoms with van der Waals surface area (Å²) in [6.45, 7) is 2.65. The summed E-state index contributed by atoms with van der Waals surface area (Å²) in [5.74, 6) is 0.934. The number of nitrogens with zero attached hydrogens (tertiary/aromatic N) is 5. The highest BCUT2D eigenvalue weighted by atomic mass is 16.1. The monoisotopic (exact) mass is 454 g/mol. The Balaban J connectivity index is 1.39. The number of benzene rings is 2. The Morgan fingerprint density at radius 3 is 2.59 bits per heavy atom. The second-order valence-electron chi connectivity index (χ2n) is 8.40. The number of rotatable bonds is 7. The van der Waals surface area contributed by atoms with Crippen LogP contribution in [-0.2, 0) is 11.3 Å². The molecule has 1 fully saturated rings. The minimum Gasteiger partial charge on any atom is -0.354 e. The van der Waals surface area contributed by atoms with Gasteiger partial charge in [0.15, 0.2) is 5.82 Å². The van der Waals surface area contributed by atoms with E-state index in [4.69, 9.17) is 9.97 Å². The summed E-state index contributed by atoms with van der Waals surface area (Å²) in [6.07, 6.45) is 7.28. The molecule has 4 aromatic rings. The van der Waals surface area contributed by atoms with Crippen molar-refractivity contribution in [3.05, 3.63) is 72.8 Å². The van der Waals surface area contributed by atoms with Gasteiger partial charge in [0.1, 0.15) is 11.5 Å². The molecule has 1 amide bonds. The molecule has 1 saturated heterocycles. The maximum absolute atomic E-state index is 12.7. The Labute approximate surface area is 197 Å². The number of aryl methyl sites for hydroxylation is 1. The molecule has 1 aliphatic rings. The van der Waals surface area contributed by atoms with Gasteiger partial charge < -0.3 is 14.8 Å². The van der Waals surface area contributed by atoms with Gasteiger partial charge in [-0.1, -0.05) is 30.3 Å². The number of nitrogens with one attached hydrogen (secondary N) is 1. The normalized spacial score (nSPS) is 13.9. The van der Waals surface area contributed by atoms with Crippen LogP contribution < -0.4 is 10.2 Å². The van der Waals surface area contributed by atoms with E-state index in [1.807, 2.05) is 47.2 Å². The van der Waals surface area contributed by atoms with Crippen molar-refractivity contribution in [3.8, 4) is 11.3 Å². The molecule has 1 N–H and O–H groups in total. The highest BCUT2D eigenvalue weighted by molar-refractivity contribution is 5.98. The SMILES string of the molecule is O=C1CCN(c2nc3ccc(C(=O)NCCCn4ccnc4)cc3nc2-c2ccccc2)CC1. The van der Waals surface area contributed by atoms with Crippen LogP contribution in [0.3, 0.4) is 0 Å². The van der Waals surface area contributed by atoms with Crippen LogP contribution in [0.15, 0.2) is 67.3 Å². The molecule has 0 spiro atoms. The molecule has 2 aromatic heterocycles. The predicted molar refractivity (Wildman–Crippen MR) is 131 cm³/mol. The van der Waals surface area contributed by atoms with Gasteiger partial charge in [-0.05, 0) is 24.6 Å². The molecule has 8 heteroatoms. The van der Waals surface area contributed by atoms with Gasteiger partial charge in [0.2, 0.25) is 0 Å². The maximum Gasteiger partial charge on any atom is 0.251 e. The topological polar surface area (TPSA) is 93.0 Å². The van der Waals surface area contributed by atoms with Crippen LogP contribution >= 0.6 is 0 Å². The Kier molecular flexibility index (Phi) is 6.29. The fourth-order valence-corrected chi connectivity index (χ4v) is 4.15. The lowest BCUT2D eigenvalue weighted by Crippen LogP contribution is -2.34. The standard InChI is InChI=1S/C26H26N6O2/c33-21-9-14-32(15-10-21)25-24(19-5-2-1-3-6-19)29-23-17-20(7-8-22(23)30-25)26(34)28-11-4-13-31-16-12-27-18-31/h1-3,5-8,12,16-18H,4,9-11,13-15H2,(H,28,34). The summed E-state index contributed by atoms with van der Waals surface area (Å²) >= 11 is 0. The second-order valence-corrected chi connectivity index (χ2v) is 8.40. The number of amides is 1. The van der Waals surface area contributed by atoms with E-state index in [-0.39, 0.29) is 11.7 Å². The van der Waals surface area contributed by atoms with Crippen molar-refractivity contribution in [1.29, 1.82) is 0 Å². The van der Waals surface area contributed by atoms with E-state index >= 15 is 0 Å². The Morgan fingerprint density at radius 2 is 1.82 bits per heavy atom. The molecule has 0 aliphatic carbocycles. The first-order chi connectivity index (χ1) is 16.7. The van der Waals surface area contributed by atoms with Crippen LogP contribution in [0.1, 0.15) is 29.6 Å². The zero-order valence-corrected chi connectivity index (χ0v) is 18.9. The average molecular weight is 455 g/mol. The number of carbonyl (C=O) groups is 2. The molecule has 8 nitrogen and oxygen atoms in total. The molecule has 34 heavy (non-hydrogen) atoms. The lowest BCUT2D eigenvalue weighted by atomic mass is 10.1. The molecular weight excluding hydrogens is 428 g/mol. The molecule has 0 atom stereocenters. The first kappa shape index (κ1) is 21.8. The third-order valence-corrected chi connectivity index (χ3v) is 6.01. The van der Waals surface area contributed by atoms with E-state index in [1.54, 1.807) is 24.7 Å². The lowest BCUT2D eigenvalue weighted by molar-refractivity contribution is -0.119. The third-order valence-electron chi connectivity index (χ3n) is 6.01. The summed E-state index contributed by atoms with van der Waals surface area (Å²) in [4.78, 5) is 40.5. The van der Waals surface area contributed by atoms with E-state index in [2.05, 4.69) is 15.2 Å². The van der Waals surface area contributed by atoms with E-state index in [0.29, 0.717) is 43.6 Å². The summed E-state index contributed by atoms with van der Waals surface area (Å²) in [5, 5.41) is 2.98. The number of fused-ring (bicyclic) bond motifs is 1. The molecule has 1 aliphatic heterocycles. The molecule has 5 rings (SSSR count). The predicted octanol–water partition coefficient (Wildman–Crippen LogP) is 3.48. The highest BCUT2D eigenvalue weighted by Gasteiger charge is 2.22. The summed E-state index contributed by atoms with van der Waals surface area (Å²) in [6, 6.07) is 15.3. The van der Waals surface area contributed by atoms with Gasteiger partial charge in [-0.25, -0.2) is 15.0 Å². The van der Waals surface area contributed by atoms with Crippen molar-refractivity contribution in [1.82, 2.24) is 24.8 Å². The average Bonchev–Trinajstić information content (AvgIpc) is 3.40. The first-order valence-electron chi connectivity index (χ1n) is 11.6. The van der Waals surface area contributed by atoms with E-state index in [0.717, 1.165) is 35.6 Å². The second kappa shape index (κ2) is 9.82. The van der Waals surface area contributed by atoms with E-state index < -0.39 is 0 Å². The number of piperidine rings is 1. The molecule has 0 unspecified atom stereocenters. The van der Waals surface area contributed by atoms with Gasteiger partial charge in [0.05, 0.1) is 17.4 Å². The van der Waals surface area contributed by atoms with Crippen molar-refractivity contribution in [3.63, 3.8) is 0 Å². The Bertz CT molecular complexity index is 1290. The Hall–Kier alpha value is -4.07. The van der Waals surface area contributed by atoms with E-state index in [1.165, 1.54) is 0 Å². The smallest absolute Gasteiger partial charge is 0.251 e. The fraction of sp³-hybridized carbons (Fsp3) is 0.269. The fourth-order valence-electron chi connectivity index (χ4n) is 4.15. The number of hydrogen-bond acceptors (Lipinski definition) is 6.